The van der Waals surface area contributed by atoms with Gasteiger partial charge in [0, 0.05) is 5.75 Å². The van der Waals surface area contributed by atoms with Crippen LogP contribution in [0.2, 0.25) is 0 Å². The van der Waals surface area contributed by atoms with E-state index in [9.17, 15) is 13.0 Å². The zero-order chi connectivity index (χ0) is 22.1. The third-order valence-corrected chi connectivity index (χ3v) is 6.39. The van der Waals surface area contributed by atoms with Crippen molar-refractivity contribution in [3.63, 3.8) is 0 Å². The number of hydrogen-bond donors (Lipinski definition) is 0. The summed E-state index contributed by atoms with van der Waals surface area (Å²) in [5, 5.41) is 0. The van der Waals surface area contributed by atoms with Crippen LogP contribution in [0, 0.1) is 0 Å². The van der Waals surface area contributed by atoms with E-state index in [4.69, 9.17) is 4.74 Å². The standard InChI is InChI=1S/C25H44O4S.Na/c1-3-5-7-9-11-13-17-23-18-15-20-25(29-21-16-22-30(26,27)28)24(23)19-14-12-10-8-6-4-2;/h15,18,20H,3-14,16-17,19,21-22H2,1-2H3,(H,26,27,28);/q;+1/p-1. The summed E-state index contributed by atoms with van der Waals surface area (Å²) in [5.41, 5.74) is 2.65. The van der Waals surface area contributed by atoms with Gasteiger partial charge in [0.05, 0.1) is 16.7 Å². The zero-order valence-corrected chi connectivity index (χ0v) is 23.1. The average molecular weight is 463 g/mol. The van der Waals surface area contributed by atoms with Crippen molar-refractivity contribution in [1.29, 1.82) is 0 Å². The summed E-state index contributed by atoms with van der Waals surface area (Å²) >= 11 is 0. The summed E-state index contributed by atoms with van der Waals surface area (Å²) in [7, 11) is -4.17. The van der Waals surface area contributed by atoms with Crippen molar-refractivity contribution in [1.82, 2.24) is 0 Å². The first-order valence-electron chi connectivity index (χ1n) is 12.1. The molecule has 0 radical (unpaired) electrons. The molecule has 0 saturated carbocycles. The molecule has 31 heavy (non-hydrogen) atoms. The maximum Gasteiger partial charge on any atom is 1.00 e. The average Bonchev–Trinajstić information content (AvgIpc) is 2.71. The number of hydrogen-bond acceptors (Lipinski definition) is 4. The Morgan fingerprint density at radius 3 is 1.90 bits per heavy atom. The molecule has 4 nitrogen and oxygen atoms in total. The van der Waals surface area contributed by atoms with Gasteiger partial charge in [-0.3, -0.25) is 0 Å². The van der Waals surface area contributed by atoms with Crippen molar-refractivity contribution in [3.05, 3.63) is 29.3 Å². The minimum atomic E-state index is -4.17. The van der Waals surface area contributed by atoms with Gasteiger partial charge in [0.1, 0.15) is 5.75 Å². The molecule has 174 valence electrons. The molecule has 1 rings (SSSR count). The van der Waals surface area contributed by atoms with Gasteiger partial charge in [-0.1, -0.05) is 90.2 Å². The number of unbranched alkanes of at least 4 members (excludes halogenated alkanes) is 10. The van der Waals surface area contributed by atoms with E-state index in [0.717, 1.165) is 25.0 Å². The van der Waals surface area contributed by atoms with Crippen molar-refractivity contribution < 1.29 is 47.3 Å². The third kappa shape index (κ3) is 16.2. The van der Waals surface area contributed by atoms with Gasteiger partial charge in [0.25, 0.3) is 0 Å². The van der Waals surface area contributed by atoms with Crippen LogP contribution in [0.3, 0.4) is 0 Å². The summed E-state index contributed by atoms with van der Waals surface area (Å²) in [6.07, 6.45) is 17.6. The Balaban J connectivity index is 0.00000900. The Hall–Kier alpha value is -0.0700. The second kappa shape index (κ2) is 19.4. The van der Waals surface area contributed by atoms with E-state index >= 15 is 0 Å². The molecule has 0 saturated heterocycles. The Morgan fingerprint density at radius 1 is 0.774 bits per heavy atom. The van der Waals surface area contributed by atoms with Gasteiger partial charge in [-0.25, -0.2) is 8.42 Å². The molecular formula is C25H43NaO4S. The van der Waals surface area contributed by atoms with Crippen molar-refractivity contribution >= 4 is 10.1 Å². The smallest absolute Gasteiger partial charge is 0.748 e. The van der Waals surface area contributed by atoms with Gasteiger partial charge in [0.15, 0.2) is 0 Å². The SMILES string of the molecule is CCCCCCCCc1cccc(OCCCS(=O)(=O)[O-])c1CCCCCCCC.[Na+]. The molecule has 0 aliphatic carbocycles. The maximum atomic E-state index is 10.8. The number of rotatable bonds is 19. The fraction of sp³-hybridized carbons (Fsp3) is 0.760. The van der Waals surface area contributed by atoms with Crippen LogP contribution in [0.4, 0.5) is 0 Å². The van der Waals surface area contributed by atoms with Crippen LogP contribution in [0.5, 0.6) is 5.75 Å². The van der Waals surface area contributed by atoms with E-state index in [1.54, 1.807) is 0 Å². The second-order valence-corrected chi connectivity index (χ2v) is 9.92. The molecule has 0 N–H and O–H groups in total. The summed E-state index contributed by atoms with van der Waals surface area (Å²) in [4.78, 5) is 0. The minimum Gasteiger partial charge on any atom is -0.748 e. The first-order chi connectivity index (χ1) is 14.5. The molecular weight excluding hydrogens is 419 g/mol. The van der Waals surface area contributed by atoms with Crippen molar-refractivity contribution in [2.45, 2.75) is 110 Å². The van der Waals surface area contributed by atoms with Crippen LogP contribution in [-0.2, 0) is 23.0 Å². The fourth-order valence-electron chi connectivity index (χ4n) is 3.86. The molecule has 0 spiro atoms. The van der Waals surface area contributed by atoms with Gasteiger partial charge in [-0.15, -0.1) is 0 Å². The minimum absolute atomic E-state index is 0. The zero-order valence-electron chi connectivity index (χ0n) is 20.3. The Morgan fingerprint density at radius 2 is 1.32 bits per heavy atom. The van der Waals surface area contributed by atoms with E-state index in [0.29, 0.717) is 0 Å². The van der Waals surface area contributed by atoms with Crippen LogP contribution in [-0.4, -0.2) is 25.3 Å². The fourth-order valence-corrected chi connectivity index (χ4v) is 4.33. The van der Waals surface area contributed by atoms with Gasteiger partial charge < -0.3 is 9.29 Å². The van der Waals surface area contributed by atoms with E-state index < -0.39 is 10.1 Å². The summed E-state index contributed by atoms with van der Waals surface area (Å²) in [5.74, 6) is 0.507. The Kier molecular flexibility index (Phi) is 19.4. The van der Waals surface area contributed by atoms with Gasteiger partial charge in [0.2, 0.25) is 0 Å². The third-order valence-electron chi connectivity index (χ3n) is 5.61. The number of benzene rings is 1. The van der Waals surface area contributed by atoms with Gasteiger partial charge in [-0.05, 0) is 49.3 Å². The summed E-state index contributed by atoms with van der Waals surface area (Å²) in [6.45, 7) is 4.75. The molecule has 0 unspecified atom stereocenters. The molecule has 1 aromatic carbocycles. The molecule has 0 heterocycles. The molecule has 0 aliphatic heterocycles. The van der Waals surface area contributed by atoms with E-state index in [1.807, 2.05) is 12.1 Å². The van der Waals surface area contributed by atoms with Crippen LogP contribution in [0.25, 0.3) is 0 Å². The monoisotopic (exact) mass is 462 g/mol. The van der Waals surface area contributed by atoms with Gasteiger partial charge >= 0.3 is 29.6 Å². The van der Waals surface area contributed by atoms with E-state index in [-0.39, 0.29) is 48.3 Å². The molecule has 0 aromatic heterocycles. The maximum absolute atomic E-state index is 10.8. The molecule has 0 fully saturated rings. The first kappa shape index (κ1) is 30.9. The molecule has 0 atom stereocenters. The Bertz CT molecular complexity index is 661. The predicted octanol–water partition coefficient (Wildman–Crippen LogP) is 3.81. The number of aryl methyl sites for hydroxylation is 1. The normalized spacial score (nSPS) is 11.3. The molecule has 0 amide bonds. The number of ether oxygens (including phenoxy) is 1. The summed E-state index contributed by atoms with van der Waals surface area (Å²) < 4.78 is 38.4. The van der Waals surface area contributed by atoms with Crippen molar-refractivity contribution in [2.75, 3.05) is 12.4 Å². The van der Waals surface area contributed by atoms with E-state index in [1.165, 1.54) is 81.8 Å². The van der Waals surface area contributed by atoms with Crippen LogP contribution in [0.15, 0.2) is 18.2 Å². The second-order valence-electron chi connectivity index (χ2n) is 8.39. The Labute approximate surface area is 214 Å². The summed E-state index contributed by atoms with van der Waals surface area (Å²) in [6, 6.07) is 6.24. The largest absolute Gasteiger partial charge is 1.00 e. The van der Waals surface area contributed by atoms with Gasteiger partial charge in [-0.2, -0.15) is 0 Å². The van der Waals surface area contributed by atoms with Crippen molar-refractivity contribution in [2.24, 2.45) is 0 Å². The molecule has 6 heteroatoms. The molecule has 1 aromatic rings. The van der Waals surface area contributed by atoms with Crippen LogP contribution < -0.4 is 34.3 Å². The predicted molar refractivity (Wildman–Crippen MR) is 125 cm³/mol. The quantitative estimate of drug-likeness (QED) is 0.178. The van der Waals surface area contributed by atoms with Crippen LogP contribution >= 0.6 is 0 Å². The topological polar surface area (TPSA) is 66.4 Å². The first-order valence-corrected chi connectivity index (χ1v) is 13.7. The van der Waals surface area contributed by atoms with E-state index in [2.05, 4.69) is 19.9 Å². The molecule has 0 aliphatic rings. The molecule has 0 bridgehead atoms. The van der Waals surface area contributed by atoms with Crippen molar-refractivity contribution in [3.8, 4) is 5.75 Å². The van der Waals surface area contributed by atoms with Crippen LogP contribution in [0.1, 0.15) is 108 Å².